The van der Waals surface area contributed by atoms with Gasteiger partial charge in [-0.15, -0.1) is 13.2 Å². The Balaban J connectivity index is 1.90. The Morgan fingerprint density at radius 1 is 1.09 bits per heavy atom. The normalized spacial score (nSPS) is 16.0. The number of hydrogen-bond donors (Lipinski definition) is 1. The molecule has 0 aliphatic carbocycles. The molecule has 1 aliphatic rings. The topological polar surface area (TPSA) is 46.5 Å². The Bertz CT molecular complexity index is 1180. The van der Waals surface area contributed by atoms with Crippen LogP contribution in [0.25, 0.3) is 22.4 Å². The molecule has 0 saturated carbocycles. The van der Waals surface area contributed by atoms with Crippen LogP contribution in [0.1, 0.15) is 35.9 Å². The molecule has 0 radical (unpaired) electrons. The Morgan fingerprint density at radius 2 is 1.79 bits per heavy atom. The molecule has 180 valence electrons. The summed E-state index contributed by atoms with van der Waals surface area (Å²) in [5, 5.41) is 2.95. The number of aromatic nitrogens is 1. The molecule has 0 bridgehead atoms. The Morgan fingerprint density at radius 3 is 2.41 bits per heavy atom. The van der Waals surface area contributed by atoms with Crippen molar-refractivity contribution in [3.8, 4) is 28.1 Å². The van der Waals surface area contributed by atoms with E-state index in [0.717, 1.165) is 23.4 Å². The highest BCUT2D eigenvalue weighted by Crippen LogP contribution is 2.41. The van der Waals surface area contributed by atoms with E-state index in [4.69, 9.17) is 0 Å². The number of nitrogens with one attached hydrogen (secondary N) is 1. The molecule has 0 spiro atoms. The van der Waals surface area contributed by atoms with Crippen LogP contribution < -0.4 is 10.1 Å². The lowest BCUT2D eigenvalue weighted by Crippen LogP contribution is -2.40. The second kappa shape index (κ2) is 9.18. The van der Waals surface area contributed by atoms with E-state index < -0.39 is 6.36 Å². The van der Waals surface area contributed by atoms with Crippen molar-refractivity contribution in [2.24, 2.45) is 5.92 Å². The second-order valence-corrected chi connectivity index (χ2v) is 9.19. The van der Waals surface area contributed by atoms with E-state index >= 15 is 0 Å². The van der Waals surface area contributed by atoms with E-state index in [1.807, 2.05) is 42.9 Å². The molecule has 5 nitrogen and oxygen atoms in total. The average Bonchev–Trinajstić information content (AvgIpc) is 3.14. The third-order valence-electron chi connectivity index (χ3n) is 5.95. The average molecular weight is 472 g/mol. The molecular formula is C26H28F3N3O2. The predicted molar refractivity (Wildman–Crippen MR) is 126 cm³/mol. The molecule has 2 aromatic carbocycles. The maximum Gasteiger partial charge on any atom is 0.573 e. The van der Waals surface area contributed by atoms with Crippen molar-refractivity contribution in [1.82, 2.24) is 14.8 Å². The quantitative estimate of drug-likeness (QED) is 0.500. The zero-order valence-electron chi connectivity index (χ0n) is 19.6. The lowest BCUT2D eigenvalue weighted by Gasteiger charge is -2.31. The van der Waals surface area contributed by atoms with Gasteiger partial charge in [0, 0.05) is 18.7 Å². The Hall–Kier alpha value is -3.26. The number of fused-ring (bicyclic) bond motifs is 1. The molecule has 1 aromatic heterocycles. The van der Waals surface area contributed by atoms with Crippen LogP contribution in [0.15, 0.2) is 54.6 Å². The molecule has 1 atom stereocenters. The molecule has 1 aliphatic heterocycles. The summed E-state index contributed by atoms with van der Waals surface area (Å²) in [5.41, 5.74) is 4.57. The number of carbonyl (C=O) groups excluding carboxylic acids is 1. The summed E-state index contributed by atoms with van der Waals surface area (Å²) in [4.78, 5) is 14.9. The van der Waals surface area contributed by atoms with Gasteiger partial charge in [-0.3, -0.25) is 4.79 Å². The fourth-order valence-electron chi connectivity index (χ4n) is 4.47. The molecule has 1 amide bonds. The number of ether oxygens (including phenoxy) is 1. The summed E-state index contributed by atoms with van der Waals surface area (Å²) < 4.78 is 44.7. The number of nitrogens with zero attached hydrogens (tertiary/aromatic N) is 2. The number of benzene rings is 2. The first kappa shape index (κ1) is 23.9. The van der Waals surface area contributed by atoms with Crippen molar-refractivity contribution in [2.75, 3.05) is 20.6 Å². The van der Waals surface area contributed by atoms with Crippen LogP contribution in [0.5, 0.6) is 5.75 Å². The van der Waals surface area contributed by atoms with E-state index in [1.165, 1.54) is 18.2 Å². The van der Waals surface area contributed by atoms with E-state index in [0.29, 0.717) is 23.4 Å². The van der Waals surface area contributed by atoms with Gasteiger partial charge in [0.05, 0.1) is 11.7 Å². The summed E-state index contributed by atoms with van der Waals surface area (Å²) in [5.74, 6) is -0.270. The van der Waals surface area contributed by atoms with Gasteiger partial charge in [0.25, 0.3) is 5.91 Å². The standard InChI is InChI=1S/C26H28F3N3O2/c1-16(2)23-14-30-25(33)22-13-21(19-6-5-7-20(12-19)34-26(27,28)29)24(32(22)23)18-10-8-17(9-11-18)15-31(3)4/h5-13,16,23H,14-15H2,1-4H3,(H,30,33)/t23-/m1/s1. The van der Waals surface area contributed by atoms with Crippen molar-refractivity contribution < 1.29 is 22.7 Å². The van der Waals surface area contributed by atoms with Crippen molar-refractivity contribution >= 4 is 5.91 Å². The molecule has 0 unspecified atom stereocenters. The Kier molecular flexibility index (Phi) is 6.45. The first-order valence-electron chi connectivity index (χ1n) is 11.2. The maximum absolute atomic E-state index is 12.8. The van der Waals surface area contributed by atoms with Crippen LogP contribution in [-0.2, 0) is 6.54 Å². The monoisotopic (exact) mass is 471 g/mol. The number of carbonyl (C=O) groups is 1. The summed E-state index contributed by atoms with van der Waals surface area (Å²) >= 11 is 0. The highest BCUT2D eigenvalue weighted by Gasteiger charge is 2.33. The zero-order chi connectivity index (χ0) is 24.6. The predicted octanol–water partition coefficient (Wildman–Crippen LogP) is 5.72. The summed E-state index contributed by atoms with van der Waals surface area (Å²) in [6, 6.07) is 15.7. The molecule has 34 heavy (non-hydrogen) atoms. The molecule has 3 aromatic rings. The first-order valence-corrected chi connectivity index (χ1v) is 11.2. The Labute approximate surface area is 197 Å². The third-order valence-corrected chi connectivity index (χ3v) is 5.95. The molecule has 4 rings (SSSR count). The van der Waals surface area contributed by atoms with Crippen molar-refractivity contribution in [1.29, 1.82) is 0 Å². The minimum Gasteiger partial charge on any atom is -0.406 e. The minimum atomic E-state index is -4.79. The fourth-order valence-corrected chi connectivity index (χ4v) is 4.47. The zero-order valence-corrected chi connectivity index (χ0v) is 19.6. The molecule has 8 heteroatoms. The van der Waals surface area contributed by atoms with Crippen LogP contribution >= 0.6 is 0 Å². The second-order valence-electron chi connectivity index (χ2n) is 9.19. The van der Waals surface area contributed by atoms with Gasteiger partial charge in [-0.05, 0) is 54.9 Å². The van der Waals surface area contributed by atoms with Crippen molar-refractivity contribution in [3.63, 3.8) is 0 Å². The van der Waals surface area contributed by atoms with Gasteiger partial charge in [-0.1, -0.05) is 50.2 Å². The van der Waals surface area contributed by atoms with Gasteiger partial charge >= 0.3 is 6.36 Å². The van der Waals surface area contributed by atoms with Gasteiger partial charge in [0.2, 0.25) is 0 Å². The number of amides is 1. The number of alkyl halides is 3. The van der Waals surface area contributed by atoms with Gasteiger partial charge in [-0.25, -0.2) is 0 Å². The first-order chi connectivity index (χ1) is 16.0. The highest BCUT2D eigenvalue weighted by atomic mass is 19.4. The number of hydrogen-bond acceptors (Lipinski definition) is 3. The smallest absolute Gasteiger partial charge is 0.406 e. The van der Waals surface area contributed by atoms with Crippen LogP contribution in [0, 0.1) is 5.92 Å². The summed E-state index contributed by atoms with van der Waals surface area (Å²) in [7, 11) is 3.99. The molecule has 0 saturated heterocycles. The van der Waals surface area contributed by atoms with E-state index in [1.54, 1.807) is 12.1 Å². The summed E-state index contributed by atoms with van der Waals surface area (Å²) in [6.07, 6.45) is -4.79. The molecule has 2 heterocycles. The fraction of sp³-hybridized carbons (Fsp3) is 0.346. The number of halogens is 3. The van der Waals surface area contributed by atoms with Gasteiger partial charge in [-0.2, -0.15) is 0 Å². The maximum atomic E-state index is 12.8. The molecule has 1 N–H and O–H groups in total. The van der Waals surface area contributed by atoms with E-state index in [-0.39, 0.29) is 23.6 Å². The summed E-state index contributed by atoms with van der Waals surface area (Å²) in [6.45, 7) is 5.45. The van der Waals surface area contributed by atoms with Gasteiger partial charge in [0.15, 0.2) is 0 Å². The van der Waals surface area contributed by atoms with Crippen LogP contribution in [0.4, 0.5) is 13.2 Å². The van der Waals surface area contributed by atoms with Gasteiger partial charge < -0.3 is 19.5 Å². The lowest BCUT2D eigenvalue weighted by atomic mass is 9.98. The minimum absolute atomic E-state index is 0.00695. The number of rotatable bonds is 6. The van der Waals surface area contributed by atoms with Crippen LogP contribution in [0.2, 0.25) is 0 Å². The van der Waals surface area contributed by atoms with Crippen LogP contribution in [0.3, 0.4) is 0 Å². The van der Waals surface area contributed by atoms with Crippen molar-refractivity contribution in [2.45, 2.75) is 32.8 Å². The largest absolute Gasteiger partial charge is 0.573 e. The highest BCUT2D eigenvalue weighted by molar-refractivity contribution is 5.98. The van der Waals surface area contributed by atoms with Crippen molar-refractivity contribution in [3.05, 3.63) is 65.9 Å². The van der Waals surface area contributed by atoms with Gasteiger partial charge in [0.1, 0.15) is 11.4 Å². The lowest BCUT2D eigenvalue weighted by molar-refractivity contribution is -0.274. The molecule has 0 fully saturated rings. The SMILES string of the molecule is CC(C)[C@H]1CNC(=O)c2cc(-c3cccc(OC(F)(F)F)c3)c(-c3ccc(CN(C)C)cc3)n21. The molecular weight excluding hydrogens is 443 g/mol. The van der Waals surface area contributed by atoms with E-state index in [9.17, 15) is 18.0 Å². The van der Waals surface area contributed by atoms with Crippen LogP contribution in [-0.4, -0.2) is 42.4 Å². The third kappa shape index (κ3) is 4.97. The van der Waals surface area contributed by atoms with E-state index in [2.05, 4.69) is 28.8 Å².